The zero-order chi connectivity index (χ0) is 25.1. The molecule has 0 aromatic carbocycles. The molecule has 1 aromatic rings. The molecule has 1 heterocycles. The van der Waals surface area contributed by atoms with Crippen molar-refractivity contribution in [2.45, 2.75) is 64.0 Å². The van der Waals surface area contributed by atoms with Crippen LogP contribution in [0.2, 0.25) is 0 Å². The maximum atomic E-state index is 13.6. The fourth-order valence-electron chi connectivity index (χ4n) is 4.29. The highest BCUT2D eigenvalue weighted by atomic mass is 19.4. The first-order chi connectivity index (χ1) is 15.8. The van der Waals surface area contributed by atoms with E-state index in [1.54, 1.807) is 12.1 Å². The number of alkyl halides is 6. The van der Waals surface area contributed by atoms with Gasteiger partial charge in [-0.3, -0.25) is 4.79 Å². The van der Waals surface area contributed by atoms with E-state index in [2.05, 4.69) is 15.6 Å². The van der Waals surface area contributed by atoms with Gasteiger partial charge in [-0.15, -0.1) is 0 Å². The molecule has 2 aliphatic rings. The van der Waals surface area contributed by atoms with Crippen LogP contribution in [0.25, 0.3) is 0 Å². The van der Waals surface area contributed by atoms with Crippen LogP contribution in [-0.2, 0) is 11.3 Å². The Morgan fingerprint density at radius 1 is 1.15 bits per heavy atom. The standard InChI is InChI=1S/C23H26F7N3O/c1-21(23(28,29)30)10-16(9-17(11-21)22(25,26)27)20(34)33-12-14-4-6-18(7-5-14)32-13-15-3-2-8-31-19(15)24/h2-3,8-9,11,14,18,32H,4-7,10,12-13H2,1H3,(H,33,34). The van der Waals surface area contributed by atoms with Gasteiger partial charge in [0.2, 0.25) is 11.9 Å². The molecule has 34 heavy (non-hydrogen) atoms. The summed E-state index contributed by atoms with van der Waals surface area (Å²) in [6.07, 6.45) is -5.86. The minimum absolute atomic E-state index is 0.0490. The van der Waals surface area contributed by atoms with Crippen LogP contribution in [0, 0.1) is 17.3 Å². The van der Waals surface area contributed by atoms with Gasteiger partial charge in [0.1, 0.15) is 0 Å². The maximum absolute atomic E-state index is 13.6. The van der Waals surface area contributed by atoms with Crippen LogP contribution >= 0.6 is 0 Å². The van der Waals surface area contributed by atoms with Crippen LogP contribution in [-0.4, -0.2) is 35.8 Å². The van der Waals surface area contributed by atoms with Gasteiger partial charge in [0.25, 0.3) is 0 Å². The summed E-state index contributed by atoms with van der Waals surface area (Å²) in [6, 6.07) is 3.42. The summed E-state index contributed by atoms with van der Waals surface area (Å²) in [4.78, 5) is 16.1. The van der Waals surface area contributed by atoms with Crippen molar-refractivity contribution in [3.05, 3.63) is 53.1 Å². The van der Waals surface area contributed by atoms with E-state index >= 15 is 0 Å². The SMILES string of the molecule is CC1(C(F)(F)F)C=C(C(F)(F)F)C=C(C(=O)NCC2CCC(NCc3cccnc3F)CC2)C1. The van der Waals surface area contributed by atoms with E-state index in [1.807, 2.05) is 0 Å². The molecule has 2 aliphatic carbocycles. The van der Waals surface area contributed by atoms with E-state index in [1.165, 1.54) is 6.20 Å². The summed E-state index contributed by atoms with van der Waals surface area (Å²) in [5.41, 5.74) is -4.34. The molecule has 1 amide bonds. The molecule has 1 unspecified atom stereocenters. The van der Waals surface area contributed by atoms with E-state index in [4.69, 9.17) is 0 Å². The Morgan fingerprint density at radius 3 is 2.41 bits per heavy atom. The second-order valence-corrected chi connectivity index (χ2v) is 9.12. The number of hydrogen-bond acceptors (Lipinski definition) is 3. The molecule has 1 fully saturated rings. The monoisotopic (exact) mass is 493 g/mol. The summed E-state index contributed by atoms with van der Waals surface area (Å²) in [6.45, 7) is 1.14. The van der Waals surface area contributed by atoms with Crippen molar-refractivity contribution >= 4 is 5.91 Å². The van der Waals surface area contributed by atoms with Gasteiger partial charge in [0.15, 0.2) is 0 Å². The molecule has 0 saturated heterocycles. The third-order valence-electron chi connectivity index (χ3n) is 6.44. The number of allylic oxidation sites excluding steroid dienone is 3. The number of amides is 1. The third kappa shape index (κ3) is 6.37. The Labute approximate surface area is 192 Å². The van der Waals surface area contributed by atoms with Gasteiger partial charge in [-0.05, 0) is 57.1 Å². The molecule has 1 atom stereocenters. The number of aromatic nitrogens is 1. The molecule has 2 N–H and O–H groups in total. The lowest BCUT2D eigenvalue weighted by Crippen LogP contribution is -2.41. The summed E-state index contributed by atoms with van der Waals surface area (Å²) in [7, 11) is 0. The first kappa shape index (κ1) is 26.2. The summed E-state index contributed by atoms with van der Waals surface area (Å²) >= 11 is 0. The third-order valence-corrected chi connectivity index (χ3v) is 6.44. The van der Waals surface area contributed by atoms with Crippen molar-refractivity contribution in [3.63, 3.8) is 0 Å². The Morgan fingerprint density at radius 2 is 1.82 bits per heavy atom. The van der Waals surface area contributed by atoms with E-state index in [9.17, 15) is 35.5 Å². The Kier molecular flexibility index (Phi) is 7.74. The van der Waals surface area contributed by atoms with Crippen molar-refractivity contribution in [1.29, 1.82) is 0 Å². The molecule has 4 nitrogen and oxygen atoms in total. The van der Waals surface area contributed by atoms with Crippen molar-refractivity contribution in [2.24, 2.45) is 11.3 Å². The van der Waals surface area contributed by atoms with Crippen LogP contribution < -0.4 is 10.6 Å². The second-order valence-electron chi connectivity index (χ2n) is 9.12. The summed E-state index contributed by atoms with van der Waals surface area (Å²) in [5, 5.41) is 5.78. The van der Waals surface area contributed by atoms with E-state index in [0.717, 1.165) is 12.8 Å². The summed E-state index contributed by atoms with van der Waals surface area (Å²) in [5.74, 6) is -1.40. The highest BCUT2D eigenvalue weighted by molar-refractivity contribution is 5.94. The van der Waals surface area contributed by atoms with Gasteiger partial charge < -0.3 is 10.6 Å². The minimum atomic E-state index is -5.00. The van der Waals surface area contributed by atoms with Crippen LogP contribution in [0.1, 0.15) is 44.6 Å². The predicted molar refractivity (Wildman–Crippen MR) is 111 cm³/mol. The number of pyridine rings is 1. The van der Waals surface area contributed by atoms with Crippen molar-refractivity contribution in [2.75, 3.05) is 6.54 Å². The van der Waals surface area contributed by atoms with Gasteiger partial charge >= 0.3 is 12.4 Å². The lowest BCUT2D eigenvalue weighted by molar-refractivity contribution is -0.201. The van der Waals surface area contributed by atoms with Crippen molar-refractivity contribution in [3.8, 4) is 0 Å². The van der Waals surface area contributed by atoms with E-state index < -0.39 is 47.2 Å². The van der Waals surface area contributed by atoms with Gasteiger partial charge in [0, 0.05) is 36.5 Å². The lowest BCUT2D eigenvalue weighted by Gasteiger charge is -2.34. The lowest BCUT2D eigenvalue weighted by atomic mass is 9.76. The van der Waals surface area contributed by atoms with Gasteiger partial charge in [-0.2, -0.15) is 30.7 Å². The highest BCUT2D eigenvalue weighted by Crippen LogP contribution is 2.49. The van der Waals surface area contributed by atoms with Gasteiger partial charge in [-0.1, -0.05) is 12.1 Å². The maximum Gasteiger partial charge on any atom is 0.416 e. The number of carbonyl (C=O) groups is 1. The van der Waals surface area contributed by atoms with E-state index in [-0.39, 0.29) is 24.6 Å². The number of nitrogens with one attached hydrogen (secondary N) is 2. The molecule has 188 valence electrons. The molecule has 11 heteroatoms. The van der Waals surface area contributed by atoms with Gasteiger partial charge in [-0.25, -0.2) is 4.98 Å². The Balaban J connectivity index is 1.52. The van der Waals surface area contributed by atoms with Crippen LogP contribution in [0.5, 0.6) is 0 Å². The Hall–Kier alpha value is -2.43. The number of carbonyl (C=O) groups excluding carboxylic acids is 1. The number of hydrogen-bond donors (Lipinski definition) is 2. The van der Waals surface area contributed by atoms with Crippen LogP contribution in [0.3, 0.4) is 0 Å². The minimum Gasteiger partial charge on any atom is -0.352 e. The van der Waals surface area contributed by atoms with Crippen LogP contribution in [0.15, 0.2) is 41.6 Å². The van der Waals surface area contributed by atoms with Gasteiger partial charge in [0.05, 0.1) is 11.0 Å². The molecule has 0 aliphatic heterocycles. The number of halogens is 7. The second kappa shape index (κ2) is 10.1. The molecule has 0 bridgehead atoms. The van der Waals surface area contributed by atoms with Crippen LogP contribution in [0.4, 0.5) is 30.7 Å². The quantitative estimate of drug-likeness (QED) is 0.414. The first-order valence-electron chi connectivity index (χ1n) is 11.0. The number of nitrogens with zero attached hydrogens (tertiary/aromatic N) is 1. The molecule has 3 rings (SSSR count). The fraction of sp³-hybridized carbons (Fsp3) is 0.565. The molecular formula is C23H26F7N3O. The predicted octanol–water partition coefficient (Wildman–Crippen LogP) is 5.37. The molecular weight excluding hydrogens is 467 g/mol. The smallest absolute Gasteiger partial charge is 0.352 e. The molecule has 1 saturated carbocycles. The summed E-state index contributed by atoms with van der Waals surface area (Å²) < 4.78 is 93.4. The largest absolute Gasteiger partial charge is 0.416 e. The fourth-order valence-corrected chi connectivity index (χ4v) is 4.29. The zero-order valence-electron chi connectivity index (χ0n) is 18.5. The normalized spacial score (nSPS) is 26.0. The van der Waals surface area contributed by atoms with Crippen molar-refractivity contribution < 1.29 is 35.5 Å². The number of rotatable bonds is 6. The highest BCUT2D eigenvalue weighted by Gasteiger charge is 2.53. The molecule has 1 aromatic heterocycles. The topological polar surface area (TPSA) is 54.0 Å². The average molecular weight is 493 g/mol. The van der Waals surface area contributed by atoms with E-state index in [0.29, 0.717) is 37.9 Å². The van der Waals surface area contributed by atoms with Crippen molar-refractivity contribution in [1.82, 2.24) is 15.6 Å². The molecule has 0 radical (unpaired) electrons. The Bertz CT molecular complexity index is 947. The average Bonchev–Trinajstić information content (AvgIpc) is 2.76. The zero-order valence-corrected chi connectivity index (χ0v) is 18.5. The molecule has 0 spiro atoms. The first-order valence-corrected chi connectivity index (χ1v) is 11.0.